The third-order valence-electron chi connectivity index (χ3n) is 2.73. The molecule has 1 N–H and O–H groups in total. The average Bonchev–Trinajstić information content (AvgIpc) is 2.73. The molecule has 0 aromatic heterocycles. The maximum atomic E-state index is 11.8. The normalized spacial score (nSPS) is 22.8. The number of carboxylic acids is 1. The van der Waals surface area contributed by atoms with Crippen LogP contribution in [0.1, 0.15) is 6.42 Å². The average molecular weight is 250 g/mol. The minimum atomic E-state index is -1.39. The highest BCUT2D eigenvalue weighted by Gasteiger charge is 2.36. The molecular formula is C12H12NO5-. The third-order valence-corrected chi connectivity index (χ3v) is 2.73. The van der Waals surface area contributed by atoms with E-state index in [1.165, 1.54) is 0 Å². The molecule has 1 saturated heterocycles. The first-order valence-corrected chi connectivity index (χ1v) is 5.50. The lowest BCUT2D eigenvalue weighted by Crippen LogP contribution is -2.47. The van der Waals surface area contributed by atoms with E-state index in [2.05, 4.69) is 0 Å². The minimum Gasteiger partial charge on any atom is -0.548 e. The number of ether oxygens (including phenoxy) is 1. The van der Waals surface area contributed by atoms with Crippen LogP contribution in [0.3, 0.4) is 0 Å². The number of carbonyl (C=O) groups excluding carboxylic acids is 2. The van der Waals surface area contributed by atoms with Crippen LogP contribution < -0.4 is 9.84 Å². The summed E-state index contributed by atoms with van der Waals surface area (Å²) >= 11 is 0. The number of amides is 1. The van der Waals surface area contributed by atoms with Gasteiger partial charge in [-0.25, -0.2) is 4.79 Å². The number of rotatable bonds is 2. The van der Waals surface area contributed by atoms with Crippen LogP contribution in [-0.2, 0) is 4.79 Å². The summed E-state index contributed by atoms with van der Waals surface area (Å²) in [5, 5.41) is 20.2. The second kappa shape index (κ2) is 5.05. The fourth-order valence-corrected chi connectivity index (χ4v) is 1.89. The molecule has 0 radical (unpaired) electrons. The van der Waals surface area contributed by atoms with Gasteiger partial charge in [-0.1, -0.05) is 18.2 Å². The van der Waals surface area contributed by atoms with Gasteiger partial charge in [-0.2, -0.15) is 0 Å². The van der Waals surface area contributed by atoms with E-state index < -0.39 is 24.2 Å². The lowest BCUT2D eigenvalue weighted by molar-refractivity contribution is -0.310. The molecule has 6 nitrogen and oxygen atoms in total. The Bertz CT molecular complexity index is 447. The number of β-amino-alcohol motifs (C(OH)–C–C–N with tert-alkyl or cyclic N) is 1. The number of hydrogen-bond acceptors (Lipinski definition) is 5. The van der Waals surface area contributed by atoms with E-state index in [0.717, 1.165) is 4.90 Å². The van der Waals surface area contributed by atoms with Crippen LogP contribution in [-0.4, -0.2) is 40.8 Å². The van der Waals surface area contributed by atoms with E-state index in [1.807, 2.05) is 0 Å². The third kappa shape index (κ3) is 2.60. The van der Waals surface area contributed by atoms with Gasteiger partial charge in [-0.05, 0) is 12.1 Å². The van der Waals surface area contributed by atoms with Gasteiger partial charge < -0.3 is 19.7 Å². The van der Waals surface area contributed by atoms with Crippen molar-refractivity contribution in [2.75, 3.05) is 6.54 Å². The summed E-state index contributed by atoms with van der Waals surface area (Å²) in [5.74, 6) is -1.07. The molecule has 2 atom stereocenters. The molecular weight excluding hydrogens is 238 g/mol. The fraction of sp³-hybridized carbons (Fsp3) is 0.333. The van der Waals surface area contributed by atoms with Crippen molar-refractivity contribution < 1.29 is 24.5 Å². The van der Waals surface area contributed by atoms with Crippen molar-refractivity contribution in [2.45, 2.75) is 18.6 Å². The molecule has 6 heteroatoms. The van der Waals surface area contributed by atoms with Gasteiger partial charge >= 0.3 is 6.09 Å². The maximum Gasteiger partial charge on any atom is 0.415 e. The molecule has 96 valence electrons. The van der Waals surface area contributed by atoms with Gasteiger partial charge in [0.15, 0.2) is 0 Å². The predicted octanol–water partition coefficient (Wildman–Crippen LogP) is -0.630. The molecule has 0 unspecified atom stereocenters. The van der Waals surface area contributed by atoms with Gasteiger partial charge in [-0.3, -0.25) is 4.90 Å². The first-order chi connectivity index (χ1) is 8.58. The van der Waals surface area contributed by atoms with Gasteiger partial charge in [0.2, 0.25) is 0 Å². The number of aliphatic hydroxyl groups is 1. The summed E-state index contributed by atoms with van der Waals surface area (Å²) in [6.07, 6.45) is -1.70. The zero-order chi connectivity index (χ0) is 13.1. The van der Waals surface area contributed by atoms with Crippen molar-refractivity contribution >= 4 is 12.1 Å². The van der Waals surface area contributed by atoms with Gasteiger partial charge in [-0.15, -0.1) is 0 Å². The molecule has 1 aliphatic heterocycles. The lowest BCUT2D eigenvalue weighted by Gasteiger charge is -2.23. The molecule has 1 fully saturated rings. The van der Waals surface area contributed by atoms with Crippen molar-refractivity contribution in [2.24, 2.45) is 0 Å². The smallest absolute Gasteiger partial charge is 0.415 e. The predicted molar refractivity (Wildman–Crippen MR) is 58.6 cm³/mol. The molecule has 1 amide bonds. The highest BCUT2D eigenvalue weighted by Crippen LogP contribution is 2.20. The summed E-state index contributed by atoms with van der Waals surface area (Å²) in [6.45, 7) is -0.0652. The van der Waals surface area contributed by atoms with E-state index in [0.29, 0.717) is 5.75 Å². The number of carbonyl (C=O) groups is 2. The quantitative estimate of drug-likeness (QED) is 0.754. The van der Waals surface area contributed by atoms with Gasteiger partial charge in [0.25, 0.3) is 0 Å². The fourth-order valence-electron chi connectivity index (χ4n) is 1.89. The number of aliphatic hydroxyl groups excluding tert-OH is 1. The molecule has 1 heterocycles. The van der Waals surface area contributed by atoms with Crippen LogP contribution in [0.4, 0.5) is 4.79 Å². The first kappa shape index (κ1) is 12.4. The Labute approximate surface area is 103 Å². The van der Waals surface area contributed by atoms with Crippen LogP contribution in [0, 0.1) is 0 Å². The second-order valence-electron chi connectivity index (χ2n) is 4.06. The summed E-state index contributed by atoms with van der Waals surface area (Å²) in [7, 11) is 0. The van der Waals surface area contributed by atoms with Gasteiger partial charge in [0.1, 0.15) is 5.75 Å². The van der Waals surface area contributed by atoms with Crippen LogP contribution >= 0.6 is 0 Å². The van der Waals surface area contributed by atoms with E-state index in [1.54, 1.807) is 30.3 Å². The standard InChI is InChI=1S/C12H13NO5/c14-8-6-10(11(15)16)13(7-8)12(17)18-9-4-2-1-3-5-9/h1-5,8,10,14H,6-7H2,(H,15,16)/p-1/t8-,10-/m1/s1. The summed E-state index contributed by atoms with van der Waals surface area (Å²) in [6, 6.07) is 7.17. The number of hydrogen-bond donors (Lipinski definition) is 1. The number of nitrogens with zero attached hydrogens (tertiary/aromatic N) is 1. The zero-order valence-electron chi connectivity index (χ0n) is 9.48. The Morgan fingerprint density at radius 1 is 1.33 bits per heavy atom. The number of likely N-dealkylation sites (tertiary alicyclic amines) is 1. The van der Waals surface area contributed by atoms with Crippen LogP contribution in [0.25, 0.3) is 0 Å². The molecule has 1 aromatic carbocycles. The largest absolute Gasteiger partial charge is 0.548 e. The highest BCUT2D eigenvalue weighted by atomic mass is 16.6. The molecule has 18 heavy (non-hydrogen) atoms. The van der Waals surface area contributed by atoms with Crippen LogP contribution in [0.15, 0.2) is 30.3 Å². The van der Waals surface area contributed by atoms with Crippen molar-refractivity contribution in [3.05, 3.63) is 30.3 Å². The minimum absolute atomic E-state index is 0.0355. The Morgan fingerprint density at radius 3 is 2.61 bits per heavy atom. The van der Waals surface area contributed by atoms with E-state index in [-0.39, 0.29) is 13.0 Å². The summed E-state index contributed by atoms with van der Waals surface area (Å²) < 4.78 is 5.01. The van der Waals surface area contributed by atoms with Gasteiger partial charge in [0.05, 0.1) is 24.7 Å². The second-order valence-corrected chi connectivity index (χ2v) is 4.06. The van der Waals surface area contributed by atoms with Gasteiger partial charge in [0, 0.05) is 6.42 Å². The molecule has 0 aliphatic carbocycles. The molecule has 0 bridgehead atoms. The number of para-hydroxylation sites is 1. The Kier molecular flexibility index (Phi) is 3.47. The molecule has 0 spiro atoms. The van der Waals surface area contributed by atoms with E-state index >= 15 is 0 Å². The zero-order valence-corrected chi connectivity index (χ0v) is 9.48. The topological polar surface area (TPSA) is 89.9 Å². The van der Waals surface area contributed by atoms with Crippen LogP contribution in [0.5, 0.6) is 5.75 Å². The first-order valence-electron chi connectivity index (χ1n) is 5.50. The number of benzene rings is 1. The summed E-state index contributed by atoms with van der Waals surface area (Å²) in [5.41, 5.74) is 0. The molecule has 1 aromatic rings. The lowest BCUT2D eigenvalue weighted by atomic mass is 10.2. The SMILES string of the molecule is O=C([O-])[C@H]1C[C@@H](O)CN1C(=O)Oc1ccccc1. The maximum absolute atomic E-state index is 11.8. The van der Waals surface area contributed by atoms with Crippen molar-refractivity contribution in [3.63, 3.8) is 0 Å². The van der Waals surface area contributed by atoms with E-state index in [4.69, 9.17) is 4.74 Å². The van der Waals surface area contributed by atoms with E-state index in [9.17, 15) is 19.8 Å². The van der Waals surface area contributed by atoms with Crippen LogP contribution in [0.2, 0.25) is 0 Å². The number of carboxylic acid groups (broad SMARTS) is 1. The molecule has 0 saturated carbocycles. The number of aliphatic carboxylic acids is 1. The Hall–Kier alpha value is -2.08. The Morgan fingerprint density at radius 2 is 2.00 bits per heavy atom. The molecule has 2 rings (SSSR count). The summed E-state index contributed by atoms with van der Waals surface area (Å²) in [4.78, 5) is 23.6. The monoisotopic (exact) mass is 250 g/mol. The van der Waals surface area contributed by atoms with Crippen molar-refractivity contribution in [3.8, 4) is 5.75 Å². The van der Waals surface area contributed by atoms with Crippen molar-refractivity contribution in [1.29, 1.82) is 0 Å². The Balaban J connectivity index is 2.06. The van der Waals surface area contributed by atoms with Crippen molar-refractivity contribution in [1.82, 2.24) is 4.90 Å². The highest BCUT2D eigenvalue weighted by molar-refractivity contribution is 5.80. The molecule has 1 aliphatic rings.